The molecule has 1 aromatic carbocycles. The summed E-state index contributed by atoms with van der Waals surface area (Å²) in [5, 5.41) is 8.04. The fourth-order valence-electron chi connectivity index (χ4n) is 2.79. The Bertz CT molecular complexity index is 594. The molecule has 0 bridgehead atoms. The van der Waals surface area contributed by atoms with Crippen molar-refractivity contribution < 1.29 is 4.39 Å². The first-order valence-corrected chi connectivity index (χ1v) is 7.17. The van der Waals surface area contributed by atoms with Crippen molar-refractivity contribution in [2.45, 2.75) is 19.0 Å². The maximum absolute atomic E-state index is 13.0. The third-order valence-corrected chi connectivity index (χ3v) is 4.17. The summed E-state index contributed by atoms with van der Waals surface area (Å²) in [5.41, 5.74) is 1.09. The zero-order valence-electron chi connectivity index (χ0n) is 12.4. The van der Waals surface area contributed by atoms with E-state index >= 15 is 0 Å². The molecule has 1 saturated heterocycles. The molecule has 1 aromatic heterocycles. The van der Waals surface area contributed by atoms with E-state index in [-0.39, 0.29) is 5.82 Å². The maximum atomic E-state index is 13.0. The first-order chi connectivity index (χ1) is 10.1. The molecular weight excluding hydrogens is 269 g/mol. The Labute approximate surface area is 124 Å². The molecule has 1 aliphatic heterocycles. The third-order valence-electron chi connectivity index (χ3n) is 4.17. The molecule has 0 amide bonds. The fraction of sp³-hybridized carbons (Fsp3) is 0.467. The lowest BCUT2D eigenvalue weighted by atomic mass is 10.2. The van der Waals surface area contributed by atoms with Crippen LogP contribution in [0.25, 0.3) is 0 Å². The van der Waals surface area contributed by atoms with Gasteiger partial charge in [0.25, 0.3) is 0 Å². The molecule has 0 radical (unpaired) electrons. The van der Waals surface area contributed by atoms with Crippen molar-refractivity contribution in [2.24, 2.45) is 7.05 Å². The second kappa shape index (κ2) is 5.81. The van der Waals surface area contributed by atoms with E-state index in [0.717, 1.165) is 37.6 Å². The minimum Gasteiger partial charge on any atom is -0.370 e. The van der Waals surface area contributed by atoms with Gasteiger partial charge in [-0.15, -0.1) is 10.2 Å². The van der Waals surface area contributed by atoms with Crippen LogP contribution in [0.4, 0.5) is 10.1 Å². The first-order valence-electron chi connectivity index (χ1n) is 7.17. The molecule has 1 aliphatic rings. The predicted molar refractivity (Wildman–Crippen MR) is 79.5 cm³/mol. The second-order valence-electron chi connectivity index (χ2n) is 5.64. The van der Waals surface area contributed by atoms with E-state index in [0.29, 0.717) is 6.04 Å². The number of benzene rings is 1. The number of hydrogen-bond acceptors (Lipinski definition) is 4. The quantitative estimate of drug-likeness (QED) is 0.858. The highest BCUT2D eigenvalue weighted by Crippen LogP contribution is 2.23. The lowest BCUT2D eigenvalue weighted by Crippen LogP contribution is -2.34. The Morgan fingerprint density at radius 1 is 1.33 bits per heavy atom. The van der Waals surface area contributed by atoms with Crippen LogP contribution >= 0.6 is 0 Å². The molecule has 2 aromatic rings. The van der Waals surface area contributed by atoms with Crippen LogP contribution in [0.1, 0.15) is 12.2 Å². The van der Waals surface area contributed by atoms with E-state index in [1.807, 2.05) is 23.7 Å². The molecule has 0 spiro atoms. The number of hydrogen-bond donors (Lipinski definition) is 0. The van der Waals surface area contributed by atoms with Crippen LogP contribution in [0.5, 0.6) is 0 Å². The van der Waals surface area contributed by atoms with Gasteiger partial charge in [-0.1, -0.05) is 0 Å². The summed E-state index contributed by atoms with van der Waals surface area (Å²) in [7, 11) is 4.08. The summed E-state index contributed by atoms with van der Waals surface area (Å²) in [6.07, 6.45) is 2.83. The van der Waals surface area contributed by atoms with E-state index in [1.54, 1.807) is 6.33 Å². The van der Waals surface area contributed by atoms with E-state index < -0.39 is 0 Å². The smallest absolute Gasteiger partial charge is 0.146 e. The van der Waals surface area contributed by atoms with Gasteiger partial charge in [-0.2, -0.15) is 0 Å². The van der Waals surface area contributed by atoms with Crippen LogP contribution in [0.3, 0.4) is 0 Å². The Morgan fingerprint density at radius 3 is 2.76 bits per heavy atom. The van der Waals surface area contributed by atoms with Crippen molar-refractivity contribution in [3.63, 3.8) is 0 Å². The van der Waals surface area contributed by atoms with E-state index in [4.69, 9.17) is 0 Å². The van der Waals surface area contributed by atoms with Gasteiger partial charge in [0.2, 0.25) is 0 Å². The van der Waals surface area contributed by atoms with Crippen LogP contribution in [0, 0.1) is 5.82 Å². The first kappa shape index (κ1) is 14.0. The highest BCUT2D eigenvalue weighted by atomic mass is 19.1. The summed E-state index contributed by atoms with van der Waals surface area (Å²) < 4.78 is 14.9. The third kappa shape index (κ3) is 3.05. The normalized spacial score (nSPS) is 18.7. The Balaban J connectivity index is 1.61. The summed E-state index contributed by atoms with van der Waals surface area (Å²) in [6, 6.07) is 7.21. The van der Waals surface area contributed by atoms with Crippen molar-refractivity contribution in [1.29, 1.82) is 0 Å². The van der Waals surface area contributed by atoms with Crippen molar-refractivity contribution in [2.75, 3.05) is 25.0 Å². The molecular formula is C15H20FN5. The molecule has 112 valence electrons. The lowest BCUT2D eigenvalue weighted by Gasteiger charge is -2.24. The molecule has 0 N–H and O–H groups in total. The maximum Gasteiger partial charge on any atom is 0.146 e. The Hall–Kier alpha value is -1.95. The van der Waals surface area contributed by atoms with Gasteiger partial charge in [0.1, 0.15) is 18.0 Å². The summed E-state index contributed by atoms with van der Waals surface area (Å²) >= 11 is 0. The fourth-order valence-corrected chi connectivity index (χ4v) is 2.79. The monoisotopic (exact) mass is 289 g/mol. The number of anilines is 1. The SMILES string of the molecule is CN(Cc1nncn1C)[C@@H]1CCN(c2ccc(F)cc2)C1. The van der Waals surface area contributed by atoms with Gasteiger partial charge in [-0.3, -0.25) is 4.90 Å². The molecule has 2 heterocycles. The summed E-state index contributed by atoms with van der Waals surface area (Å²) in [6.45, 7) is 2.75. The van der Waals surface area contributed by atoms with Gasteiger partial charge < -0.3 is 9.47 Å². The second-order valence-corrected chi connectivity index (χ2v) is 5.64. The van der Waals surface area contributed by atoms with Crippen LogP contribution < -0.4 is 4.90 Å². The highest BCUT2D eigenvalue weighted by molar-refractivity contribution is 5.47. The molecule has 6 heteroatoms. The molecule has 3 rings (SSSR count). The van der Waals surface area contributed by atoms with E-state index in [1.165, 1.54) is 12.1 Å². The average Bonchev–Trinajstić information content (AvgIpc) is 3.10. The van der Waals surface area contributed by atoms with Gasteiger partial charge in [0.05, 0.1) is 6.54 Å². The molecule has 0 saturated carbocycles. The standard InChI is InChI=1S/C15H20FN5/c1-19(10-15-18-17-11-20(15)2)14-7-8-21(9-14)13-5-3-12(16)4-6-13/h3-6,11,14H,7-10H2,1-2H3/t14-/m1/s1. The molecule has 1 atom stereocenters. The van der Waals surface area contributed by atoms with Crippen LogP contribution in [0.15, 0.2) is 30.6 Å². The number of aryl methyl sites for hydroxylation is 1. The minimum absolute atomic E-state index is 0.186. The van der Waals surface area contributed by atoms with E-state index in [9.17, 15) is 4.39 Å². The molecule has 5 nitrogen and oxygen atoms in total. The van der Waals surface area contributed by atoms with Gasteiger partial charge in [-0.05, 0) is 37.7 Å². The summed E-state index contributed by atoms with van der Waals surface area (Å²) in [5.74, 6) is 0.784. The largest absolute Gasteiger partial charge is 0.370 e. The van der Waals surface area contributed by atoms with Crippen LogP contribution in [0.2, 0.25) is 0 Å². The van der Waals surface area contributed by atoms with Gasteiger partial charge >= 0.3 is 0 Å². The number of rotatable bonds is 4. The number of likely N-dealkylation sites (N-methyl/N-ethyl adjacent to an activating group) is 1. The zero-order valence-corrected chi connectivity index (χ0v) is 12.4. The van der Waals surface area contributed by atoms with Crippen molar-refractivity contribution in [3.05, 3.63) is 42.2 Å². The number of nitrogens with zero attached hydrogens (tertiary/aromatic N) is 5. The van der Waals surface area contributed by atoms with Crippen molar-refractivity contribution >= 4 is 5.69 Å². The molecule has 21 heavy (non-hydrogen) atoms. The number of aromatic nitrogens is 3. The van der Waals surface area contributed by atoms with Crippen LogP contribution in [-0.4, -0.2) is 45.8 Å². The number of halogens is 1. The minimum atomic E-state index is -0.186. The van der Waals surface area contributed by atoms with Gasteiger partial charge in [0.15, 0.2) is 0 Å². The molecule has 0 unspecified atom stereocenters. The molecule has 1 fully saturated rings. The summed E-state index contributed by atoms with van der Waals surface area (Å²) in [4.78, 5) is 4.62. The topological polar surface area (TPSA) is 37.2 Å². The Kier molecular flexibility index (Phi) is 3.88. The van der Waals surface area contributed by atoms with Crippen molar-refractivity contribution in [1.82, 2.24) is 19.7 Å². The van der Waals surface area contributed by atoms with Crippen molar-refractivity contribution in [3.8, 4) is 0 Å². The molecule has 0 aliphatic carbocycles. The zero-order chi connectivity index (χ0) is 14.8. The van der Waals surface area contributed by atoms with Gasteiger partial charge in [0, 0.05) is 31.9 Å². The van der Waals surface area contributed by atoms with E-state index in [2.05, 4.69) is 27.0 Å². The predicted octanol–water partition coefficient (Wildman–Crippen LogP) is 1.66. The lowest BCUT2D eigenvalue weighted by molar-refractivity contribution is 0.242. The average molecular weight is 289 g/mol. The Morgan fingerprint density at radius 2 is 2.10 bits per heavy atom. The highest BCUT2D eigenvalue weighted by Gasteiger charge is 2.26. The van der Waals surface area contributed by atoms with Gasteiger partial charge in [-0.25, -0.2) is 4.39 Å². The van der Waals surface area contributed by atoms with Crippen LogP contribution in [-0.2, 0) is 13.6 Å².